The van der Waals surface area contributed by atoms with Crippen molar-refractivity contribution in [2.75, 3.05) is 6.54 Å². The van der Waals surface area contributed by atoms with Gasteiger partial charge in [0.25, 0.3) is 5.91 Å². The summed E-state index contributed by atoms with van der Waals surface area (Å²) in [6, 6.07) is 6.59. The molecule has 1 aromatic carbocycles. The molecule has 2 atom stereocenters. The summed E-state index contributed by atoms with van der Waals surface area (Å²) in [7, 11) is 0. The van der Waals surface area contributed by atoms with E-state index in [-0.39, 0.29) is 11.8 Å². The Balaban J connectivity index is 2.28. The van der Waals surface area contributed by atoms with Gasteiger partial charge in [0, 0.05) is 12.1 Å². The third-order valence-electron chi connectivity index (χ3n) is 3.71. The lowest BCUT2D eigenvalue weighted by Crippen LogP contribution is -2.51. The van der Waals surface area contributed by atoms with Gasteiger partial charge in [-0.3, -0.25) is 4.79 Å². The van der Waals surface area contributed by atoms with Gasteiger partial charge in [-0.15, -0.1) is 0 Å². The molecule has 0 aromatic heterocycles. The number of carboxylic acid groups (broad SMARTS) is 1. The van der Waals surface area contributed by atoms with E-state index < -0.39 is 12.0 Å². The Morgan fingerprint density at radius 1 is 1.37 bits per heavy atom. The van der Waals surface area contributed by atoms with Gasteiger partial charge in [-0.2, -0.15) is 0 Å². The molecule has 1 saturated heterocycles. The molecule has 102 valence electrons. The van der Waals surface area contributed by atoms with Crippen molar-refractivity contribution < 1.29 is 14.7 Å². The molecular weight excluding hydrogens is 242 g/mol. The Labute approximate surface area is 113 Å². The van der Waals surface area contributed by atoms with Gasteiger partial charge in [0.05, 0.1) is 0 Å². The summed E-state index contributed by atoms with van der Waals surface area (Å²) >= 11 is 0. The SMILES string of the molecule is Cc1cccc(C(=O)N2CCCC(C)C2C(=O)O)c1. The fraction of sp³-hybridized carbons (Fsp3) is 0.467. The second kappa shape index (κ2) is 5.43. The van der Waals surface area contributed by atoms with Crippen LogP contribution in [0.1, 0.15) is 35.7 Å². The number of benzene rings is 1. The first-order valence-electron chi connectivity index (χ1n) is 6.61. The van der Waals surface area contributed by atoms with E-state index in [1.807, 2.05) is 26.0 Å². The van der Waals surface area contributed by atoms with Crippen LogP contribution >= 0.6 is 0 Å². The maximum absolute atomic E-state index is 12.5. The van der Waals surface area contributed by atoms with E-state index in [4.69, 9.17) is 0 Å². The minimum absolute atomic E-state index is 0.00000850. The smallest absolute Gasteiger partial charge is 0.326 e. The molecule has 1 aromatic rings. The molecular formula is C15H19NO3. The zero-order chi connectivity index (χ0) is 14.0. The lowest BCUT2D eigenvalue weighted by Gasteiger charge is -2.37. The number of aliphatic carboxylic acids is 1. The first kappa shape index (κ1) is 13.6. The molecule has 4 nitrogen and oxygen atoms in total. The molecule has 19 heavy (non-hydrogen) atoms. The van der Waals surface area contributed by atoms with Crippen LogP contribution in [0.25, 0.3) is 0 Å². The Hall–Kier alpha value is -1.84. The van der Waals surface area contributed by atoms with E-state index in [0.29, 0.717) is 12.1 Å². The number of carbonyl (C=O) groups is 2. The molecule has 1 N–H and O–H groups in total. The second-order valence-electron chi connectivity index (χ2n) is 5.27. The van der Waals surface area contributed by atoms with E-state index in [0.717, 1.165) is 18.4 Å². The van der Waals surface area contributed by atoms with Crippen molar-refractivity contribution in [2.24, 2.45) is 5.92 Å². The average Bonchev–Trinajstić information content (AvgIpc) is 2.37. The fourth-order valence-corrected chi connectivity index (χ4v) is 2.74. The summed E-state index contributed by atoms with van der Waals surface area (Å²) in [6.45, 7) is 4.34. The number of hydrogen-bond acceptors (Lipinski definition) is 2. The molecule has 1 aliphatic heterocycles. The highest BCUT2D eigenvalue weighted by Gasteiger charge is 2.37. The molecule has 2 unspecified atom stereocenters. The number of rotatable bonds is 2. The normalized spacial score (nSPS) is 23.2. The quantitative estimate of drug-likeness (QED) is 0.888. The Morgan fingerprint density at radius 3 is 2.74 bits per heavy atom. The molecule has 0 radical (unpaired) electrons. The molecule has 0 saturated carbocycles. The van der Waals surface area contributed by atoms with Crippen LogP contribution in [0.15, 0.2) is 24.3 Å². The second-order valence-corrected chi connectivity index (χ2v) is 5.27. The maximum atomic E-state index is 12.5. The first-order chi connectivity index (χ1) is 9.00. The number of piperidine rings is 1. The summed E-state index contributed by atoms with van der Waals surface area (Å²) in [5, 5.41) is 9.34. The number of amides is 1. The molecule has 1 fully saturated rings. The van der Waals surface area contributed by atoms with Crippen molar-refractivity contribution in [1.82, 2.24) is 4.90 Å². The summed E-state index contributed by atoms with van der Waals surface area (Å²) < 4.78 is 0. The van der Waals surface area contributed by atoms with Crippen molar-refractivity contribution >= 4 is 11.9 Å². The van der Waals surface area contributed by atoms with Crippen LogP contribution in [0.4, 0.5) is 0 Å². The maximum Gasteiger partial charge on any atom is 0.326 e. The topological polar surface area (TPSA) is 57.6 Å². The molecule has 2 rings (SSSR count). The van der Waals surface area contributed by atoms with Gasteiger partial charge in [-0.25, -0.2) is 4.79 Å². The van der Waals surface area contributed by atoms with E-state index in [2.05, 4.69) is 0 Å². The largest absolute Gasteiger partial charge is 0.480 e. The highest BCUT2D eigenvalue weighted by molar-refractivity contribution is 5.97. The molecule has 1 heterocycles. The van der Waals surface area contributed by atoms with Crippen LogP contribution in [-0.2, 0) is 4.79 Å². The molecule has 1 aliphatic rings. The minimum Gasteiger partial charge on any atom is -0.480 e. The monoisotopic (exact) mass is 261 g/mol. The third kappa shape index (κ3) is 2.78. The highest BCUT2D eigenvalue weighted by atomic mass is 16.4. The van der Waals surface area contributed by atoms with Crippen LogP contribution in [0.5, 0.6) is 0 Å². The van der Waals surface area contributed by atoms with E-state index in [1.165, 1.54) is 4.90 Å². The van der Waals surface area contributed by atoms with Crippen LogP contribution in [-0.4, -0.2) is 34.5 Å². The van der Waals surface area contributed by atoms with Crippen molar-refractivity contribution in [1.29, 1.82) is 0 Å². The first-order valence-corrected chi connectivity index (χ1v) is 6.61. The molecule has 1 amide bonds. The standard InChI is InChI=1S/C15H19NO3/c1-10-5-3-7-12(9-10)14(17)16-8-4-6-11(2)13(16)15(18)19/h3,5,7,9,11,13H,4,6,8H2,1-2H3,(H,18,19). The lowest BCUT2D eigenvalue weighted by atomic mass is 9.90. The van der Waals surface area contributed by atoms with Crippen molar-refractivity contribution in [2.45, 2.75) is 32.7 Å². The Morgan fingerprint density at radius 2 is 2.11 bits per heavy atom. The fourth-order valence-electron chi connectivity index (χ4n) is 2.74. The van der Waals surface area contributed by atoms with E-state index >= 15 is 0 Å². The predicted molar refractivity (Wildman–Crippen MR) is 72.0 cm³/mol. The van der Waals surface area contributed by atoms with Crippen LogP contribution in [0.2, 0.25) is 0 Å². The Bertz CT molecular complexity index is 498. The minimum atomic E-state index is -0.909. The van der Waals surface area contributed by atoms with Gasteiger partial charge in [-0.1, -0.05) is 24.6 Å². The molecule has 0 bridgehead atoms. The van der Waals surface area contributed by atoms with Gasteiger partial charge < -0.3 is 10.0 Å². The van der Waals surface area contributed by atoms with Crippen molar-refractivity contribution in [3.05, 3.63) is 35.4 Å². The average molecular weight is 261 g/mol. The van der Waals surface area contributed by atoms with Gasteiger partial charge in [0.1, 0.15) is 6.04 Å². The van der Waals surface area contributed by atoms with Gasteiger partial charge in [0.15, 0.2) is 0 Å². The van der Waals surface area contributed by atoms with Crippen LogP contribution in [0, 0.1) is 12.8 Å². The molecule has 0 spiro atoms. The molecule has 4 heteroatoms. The predicted octanol–water partition coefficient (Wildman–Crippen LogP) is 2.32. The number of carboxylic acids is 1. The number of hydrogen-bond donors (Lipinski definition) is 1. The zero-order valence-electron chi connectivity index (χ0n) is 11.3. The van der Waals surface area contributed by atoms with E-state index in [1.54, 1.807) is 12.1 Å². The van der Waals surface area contributed by atoms with Crippen LogP contribution in [0.3, 0.4) is 0 Å². The highest BCUT2D eigenvalue weighted by Crippen LogP contribution is 2.25. The molecule has 0 aliphatic carbocycles. The summed E-state index contributed by atoms with van der Waals surface area (Å²) in [6.07, 6.45) is 1.72. The van der Waals surface area contributed by atoms with Gasteiger partial charge >= 0.3 is 5.97 Å². The summed E-state index contributed by atoms with van der Waals surface area (Å²) in [5.41, 5.74) is 1.57. The van der Waals surface area contributed by atoms with Crippen LogP contribution < -0.4 is 0 Å². The number of nitrogens with zero attached hydrogens (tertiary/aromatic N) is 1. The number of aryl methyl sites for hydroxylation is 1. The summed E-state index contributed by atoms with van der Waals surface area (Å²) in [5.74, 6) is -1.09. The Kier molecular flexibility index (Phi) is 3.88. The number of carbonyl (C=O) groups excluding carboxylic acids is 1. The third-order valence-corrected chi connectivity index (χ3v) is 3.71. The number of likely N-dealkylation sites (tertiary alicyclic amines) is 1. The van der Waals surface area contributed by atoms with Crippen molar-refractivity contribution in [3.63, 3.8) is 0 Å². The van der Waals surface area contributed by atoms with Gasteiger partial charge in [-0.05, 0) is 37.8 Å². The van der Waals surface area contributed by atoms with Gasteiger partial charge in [0.2, 0.25) is 0 Å². The lowest BCUT2D eigenvalue weighted by molar-refractivity contribution is -0.145. The van der Waals surface area contributed by atoms with E-state index in [9.17, 15) is 14.7 Å². The zero-order valence-corrected chi connectivity index (χ0v) is 11.3. The summed E-state index contributed by atoms with van der Waals surface area (Å²) in [4.78, 5) is 25.4. The van der Waals surface area contributed by atoms with Crippen molar-refractivity contribution in [3.8, 4) is 0 Å².